The SMILES string of the molecule is Cc1ccc2c(c1)B1c3ccccc3N(c3ccc(C(c4ccccc4)(c4ccccc4)c4ccccc4)cc3)c3cccc(c31)N2c1ccc(C(c2ccccc2)(c2ccccc2)c2ccccc2)cc1.c1ccc(-c2ccc3c(c2)B2c4ccccc4N(c4ccc(C(c5ccccc5)(c5ccccc5)c5ccccc5)cc4)c4cccc(c42)N3c2ccc(C(c3ccccc3)(c3ccccc3)c3ccccc3)cc2)cc1. The lowest BCUT2D eigenvalue weighted by molar-refractivity contribution is 0.745. The number of hydrogen-bond acceptors (Lipinski definition) is 4. The third kappa shape index (κ3) is 15.1. The fraction of sp³-hybridized carbons (Fsp3) is 0.0350. The smallest absolute Gasteiger partial charge is 0.252 e. The first-order valence-electron chi connectivity index (χ1n) is 51.9. The number of anilines is 12. The van der Waals surface area contributed by atoms with E-state index >= 15 is 0 Å². The summed E-state index contributed by atoms with van der Waals surface area (Å²) in [6.45, 7) is 2.24. The number of rotatable bonds is 21. The second-order valence-electron chi connectivity index (χ2n) is 39.5. The van der Waals surface area contributed by atoms with Gasteiger partial charge in [0.15, 0.2) is 0 Å². The maximum Gasteiger partial charge on any atom is 0.252 e. The minimum atomic E-state index is -0.563. The van der Waals surface area contributed by atoms with Crippen molar-refractivity contribution >= 4 is 114 Å². The van der Waals surface area contributed by atoms with Gasteiger partial charge in [0.1, 0.15) is 0 Å². The van der Waals surface area contributed by atoms with Crippen LogP contribution in [0.25, 0.3) is 11.1 Å². The van der Waals surface area contributed by atoms with Crippen LogP contribution in [0.15, 0.2) is 613 Å². The molecule has 0 amide bonds. The van der Waals surface area contributed by atoms with Crippen molar-refractivity contribution in [2.75, 3.05) is 19.6 Å². The molecule has 4 aliphatic heterocycles. The fourth-order valence-corrected chi connectivity index (χ4v) is 25.5. The van der Waals surface area contributed by atoms with Crippen LogP contribution in [-0.2, 0) is 21.7 Å². The van der Waals surface area contributed by atoms with Gasteiger partial charge < -0.3 is 19.6 Å². The summed E-state index contributed by atoms with van der Waals surface area (Å²) >= 11 is 0. The van der Waals surface area contributed by atoms with E-state index in [1.807, 2.05) is 0 Å². The van der Waals surface area contributed by atoms with Crippen molar-refractivity contribution in [3.05, 3.63) is 707 Å². The van der Waals surface area contributed by atoms with E-state index in [0.717, 1.165) is 22.7 Å². The van der Waals surface area contributed by atoms with Crippen molar-refractivity contribution < 1.29 is 0 Å². The molecule has 4 heterocycles. The molecule has 4 aliphatic rings. The number of benzene rings is 23. The third-order valence-electron chi connectivity index (χ3n) is 31.8. The Labute approximate surface area is 874 Å². The number of hydrogen-bond donors (Lipinski definition) is 0. The second kappa shape index (κ2) is 38.5. The highest BCUT2D eigenvalue weighted by atomic mass is 15.2. The second-order valence-corrected chi connectivity index (χ2v) is 39.5. The predicted molar refractivity (Wildman–Crippen MR) is 624 cm³/mol. The van der Waals surface area contributed by atoms with Crippen LogP contribution in [0, 0.1) is 6.92 Å². The molecule has 0 bridgehead atoms. The van der Waals surface area contributed by atoms with Crippen molar-refractivity contribution in [2.45, 2.75) is 28.6 Å². The molecular weight excluding hydrogens is 1800 g/mol. The molecule has 149 heavy (non-hydrogen) atoms. The van der Waals surface area contributed by atoms with E-state index in [9.17, 15) is 0 Å². The van der Waals surface area contributed by atoms with Crippen LogP contribution in [0.1, 0.15) is 94.6 Å². The molecule has 0 unspecified atom stereocenters. The first-order valence-corrected chi connectivity index (χ1v) is 51.9. The van der Waals surface area contributed by atoms with E-state index in [-0.39, 0.29) is 13.4 Å². The Kier molecular flexibility index (Phi) is 23.4. The maximum absolute atomic E-state index is 2.52. The van der Waals surface area contributed by atoms with E-state index < -0.39 is 21.7 Å². The fourth-order valence-electron chi connectivity index (χ4n) is 25.5. The first kappa shape index (κ1) is 90.4. The number of para-hydroxylation sites is 2. The highest BCUT2D eigenvalue weighted by Crippen LogP contribution is 2.55. The van der Waals surface area contributed by atoms with Crippen molar-refractivity contribution in [2.24, 2.45) is 0 Å². The standard InChI is InChI=1S/C74H53BN2.C69H51BN2/c1-8-25-54(26-9-1)55-43-52-69-67(53-55)75-66-39-22-23-40-68(66)76(64-48-44-62(45-49-64)73(56-27-10-2-11-28-56,57-29-12-3-13-30-57)58-31-14-4-15-32-58)70-41-24-42-71(72(70)75)77(69)65-50-46-63(47-51-65)74(59-33-16-5-17-34-59,60-35-18-6-19-36-60)61-37-20-7-21-38-61;1-50-39-48-64-62(49-50)70-61-35-20-21-36-63(61)71(59-44-40-57(41-45-59)68(51-23-8-2-9-24-51,52-25-10-3-11-26-52)53-27-12-4-13-28-53)65-37-22-38-66(67(65)70)72(64)60-46-42-58(43-47-60)69(54-29-14-5-15-30-54,55-31-16-6-17-32-55)56-33-18-7-19-34-56/h1-53H;2-49H,1H3. The molecule has 0 aromatic heterocycles. The summed E-state index contributed by atoms with van der Waals surface area (Å²) in [6, 6.07) is 226. The Morgan fingerprint density at radius 2 is 0.315 bits per heavy atom. The summed E-state index contributed by atoms with van der Waals surface area (Å²) in [4.78, 5) is 10.0. The summed E-state index contributed by atoms with van der Waals surface area (Å²) < 4.78 is 0. The van der Waals surface area contributed by atoms with E-state index in [1.165, 1.54) is 184 Å². The summed E-state index contributed by atoms with van der Waals surface area (Å²) in [5, 5.41) is 0. The molecule has 27 rings (SSSR count). The highest BCUT2D eigenvalue weighted by molar-refractivity contribution is 7.01. The van der Waals surface area contributed by atoms with Gasteiger partial charge in [-0.15, -0.1) is 0 Å². The topological polar surface area (TPSA) is 13.0 Å². The molecule has 702 valence electrons. The van der Waals surface area contributed by atoms with Gasteiger partial charge in [-0.2, -0.15) is 0 Å². The molecule has 0 saturated carbocycles. The molecule has 0 N–H and O–H groups in total. The lowest BCUT2D eigenvalue weighted by atomic mass is 9.33. The largest absolute Gasteiger partial charge is 0.311 e. The average Bonchev–Trinajstić information content (AvgIpc) is 0.697. The molecule has 0 saturated heterocycles. The van der Waals surface area contributed by atoms with Crippen molar-refractivity contribution in [3.8, 4) is 11.1 Å². The highest BCUT2D eigenvalue weighted by Gasteiger charge is 2.49. The van der Waals surface area contributed by atoms with Crippen LogP contribution in [0.2, 0.25) is 0 Å². The molecule has 23 aromatic rings. The van der Waals surface area contributed by atoms with E-state index in [0.29, 0.717) is 0 Å². The summed E-state index contributed by atoms with van der Waals surface area (Å²) in [7, 11) is 0. The van der Waals surface area contributed by atoms with E-state index in [4.69, 9.17) is 0 Å². The minimum Gasteiger partial charge on any atom is -0.311 e. The Morgan fingerprint density at radius 1 is 0.134 bits per heavy atom. The van der Waals surface area contributed by atoms with Crippen LogP contribution in [0.4, 0.5) is 68.2 Å². The van der Waals surface area contributed by atoms with Crippen molar-refractivity contribution in [3.63, 3.8) is 0 Å². The van der Waals surface area contributed by atoms with Crippen LogP contribution in [0.5, 0.6) is 0 Å². The van der Waals surface area contributed by atoms with Gasteiger partial charge in [-0.1, -0.05) is 521 Å². The van der Waals surface area contributed by atoms with Gasteiger partial charge >= 0.3 is 0 Å². The minimum absolute atomic E-state index is 0.0223. The molecule has 6 heteroatoms. The Morgan fingerprint density at radius 3 is 0.550 bits per heavy atom. The Hall–Kier alpha value is -18.6. The molecule has 4 nitrogen and oxygen atoms in total. The average molecular weight is 1900 g/mol. The number of nitrogens with zero attached hydrogens (tertiary/aromatic N) is 4. The van der Waals surface area contributed by atoms with Gasteiger partial charge in [-0.3, -0.25) is 0 Å². The summed E-state index contributed by atoms with van der Waals surface area (Å²) in [5.74, 6) is 0. The summed E-state index contributed by atoms with van der Waals surface area (Å²) in [6.07, 6.45) is 0. The third-order valence-corrected chi connectivity index (χ3v) is 31.8. The summed E-state index contributed by atoms with van der Waals surface area (Å²) in [5.41, 5.74) is 42.7. The zero-order valence-corrected chi connectivity index (χ0v) is 82.8. The monoisotopic (exact) mass is 1900 g/mol. The number of aryl methyl sites for hydroxylation is 1. The van der Waals surface area contributed by atoms with Crippen LogP contribution in [0.3, 0.4) is 0 Å². The normalized spacial score (nSPS) is 12.7. The molecule has 0 aliphatic carbocycles. The van der Waals surface area contributed by atoms with Gasteiger partial charge in [0.25, 0.3) is 13.4 Å². The van der Waals surface area contributed by atoms with Crippen LogP contribution >= 0.6 is 0 Å². The van der Waals surface area contributed by atoms with Crippen LogP contribution in [-0.4, -0.2) is 13.4 Å². The quantitative estimate of drug-likeness (QED) is 0.0525. The van der Waals surface area contributed by atoms with Gasteiger partial charge in [0.2, 0.25) is 0 Å². The van der Waals surface area contributed by atoms with Gasteiger partial charge in [0.05, 0.1) is 21.7 Å². The van der Waals surface area contributed by atoms with E-state index in [2.05, 4.69) is 639 Å². The van der Waals surface area contributed by atoms with Gasteiger partial charge in [0, 0.05) is 68.2 Å². The molecule has 0 fully saturated rings. The van der Waals surface area contributed by atoms with Gasteiger partial charge in [-0.05, 0) is 237 Å². The van der Waals surface area contributed by atoms with E-state index in [1.54, 1.807) is 0 Å². The van der Waals surface area contributed by atoms with Crippen molar-refractivity contribution in [1.82, 2.24) is 0 Å². The van der Waals surface area contributed by atoms with Gasteiger partial charge in [-0.25, -0.2) is 0 Å². The number of fused-ring (bicyclic) bond motifs is 8. The predicted octanol–water partition coefficient (Wildman–Crippen LogP) is 31.0. The maximum atomic E-state index is 2.52. The first-order chi connectivity index (χ1) is 73.9. The lowest BCUT2D eigenvalue weighted by Gasteiger charge is -2.44. The molecular formula is C143H104B2N4. The molecule has 0 radical (unpaired) electrons. The zero-order chi connectivity index (χ0) is 99.2. The lowest BCUT2D eigenvalue weighted by Crippen LogP contribution is -2.61. The van der Waals surface area contributed by atoms with Crippen molar-refractivity contribution in [1.29, 1.82) is 0 Å². The zero-order valence-electron chi connectivity index (χ0n) is 82.8. The molecule has 0 atom stereocenters. The molecule has 0 spiro atoms. The Bertz CT molecular complexity index is 8290. The van der Waals surface area contributed by atoms with Crippen LogP contribution < -0.4 is 52.4 Å². The Balaban J connectivity index is 0.000000151. The molecule has 23 aromatic carbocycles.